The molecule has 0 amide bonds. The maximum Gasteiger partial charge on any atom is 0.100 e. The summed E-state index contributed by atoms with van der Waals surface area (Å²) in [5.41, 5.74) is 0. The molecule has 68 valence electrons. The van der Waals surface area contributed by atoms with Crippen LogP contribution in [0.5, 0.6) is 0 Å². The van der Waals surface area contributed by atoms with Gasteiger partial charge in [-0.2, -0.15) is 5.10 Å². The zero-order valence-corrected chi connectivity index (χ0v) is 7.28. The summed E-state index contributed by atoms with van der Waals surface area (Å²) in [4.78, 5) is 2.28. The van der Waals surface area contributed by atoms with Crippen molar-refractivity contribution >= 4 is 6.21 Å². The average molecular weight is 169 g/mol. The fraction of sp³-hybridized carbons (Fsp3) is 0.875. The molecule has 0 unspecified atom stereocenters. The van der Waals surface area contributed by atoms with Crippen LogP contribution in [0.4, 0.5) is 0 Å². The molecule has 0 N–H and O–H groups in total. The smallest absolute Gasteiger partial charge is 0.100 e. The van der Waals surface area contributed by atoms with Crippen molar-refractivity contribution in [1.82, 2.24) is 9.91 Å². The van der Waals surface area contributed by atoms with Crippen LogP contribution in [-0.4, -0.2) is 49.2 Å². The highest BCUT2D eigenvalue weighted by molar-refractivity contribution is 5.58. The van der Waals surface area contributed by atoms with Crippen molar-refractivity contribution in [1.29, 1.82) is 0 Å². The van der Waals surface area contributed by atoms with Gasteiger partial charge in [0.05, 0.1) is 6.67 Å². The van der Waals surface area contributed by atoms with Crippen LogP contribution >= 0.6 is 0 Å². The molecule has 0 bridgehead atoms. The van der Waals surface area contributed by atoms with Gasteiger partial charge in [-0.25, -0.2) is 0 Å². The Kier molecular flexibility index (Phi) is 2.58. The van der Waals surface area contributed by atoms with Gasteiger partial charge in [-0.05, 0) is 6.42 Å². The van der Waals surface area contributed by atoms with Crippen LogP contribution in [0, 0.1) is 0 Å². The van der Waals surface area contributed by atoms with Crippen LogP contribution in [0.2, 0.25) is 0 Å². The minimum Gasteiger partial charge on any atom is -0.366 e. The standard InChI is InChI=1S/C8H15N3O/c1-3-9-11(5-1)7-10-4-2-6-12-8-10/h3H,1-2,4-8H2. The quantitative estimate of drug-likeness (QED) is 0.595. The van der Waals surface area contributed by atoms with Crippen LogP contribution in [0.3, 0.4) is 0 Å². The third-order valence-corrected chi connectivity index (χ3v) is 2.16. The van der Waals surface area contributed by atoms with Gasteiger partial charge in [0.25, 0.3) is 0 Å². The van der Waals surface area contributed by atoms with Crippen molar-refractivity contribution in [2.75, 3.05) is 33.1 Å². The lowest BCUT2D eigenvalue weighted by Crippen LogP contribution is -2.39. The van der Waals surface area contributed by atoms with E-state index in [1.807, 2.05) is 6.21 Å². The summed E-state index contributed by atoms with van der Waals surface area (Å²) in [6, 6.07) is 0. The molecule has 0 aromatic carbocycles. The van der Waals surface area contributed by atoms with E-state index in [0.29, 0.717) is 0 Å². The predicted molar refractivity (Wildman–Crippen MR) is 46.8 cm³/mol. The Morgan fingerprint density at radius 3 is 3.08 bits per heavy atom. The van der Waals surface area contributed by atoms with E-state index in [0.717, 1.165) is 45.9 Å². The van der Waals surface area contributed by atoms with E-state index in [4.69, 9.17) is 4.74 Å². The van der Waals surface area contributed by atoms with Gasteiger partial charge in [0.15, 0.2) is 0 Å². The molecule has 0 aromatic rings. The Labute approximate surface area is 72.8 Å². The predicted octanol–water partition coefficient (Wildman–Crippen LogP) is 0.315. The van der Waals surface area contributed by atoms with Gasteiger partial charge in [-0.3, -0.25) is 9.91 Å². The molecule has 12 heavy (non-hydrogen) atoms. The number of rotatable bonds is 2. The Hall–Kier alpha value is -0.610. The molecular weight excluding hydrogens is 154 g/mol. The Balaban J connectivity index is 1.73. The van der Waals surface area contributed by atoms with Crippen molar-refractivity contribution in [3.05, 3.63) is 0 Å². The van der Waals surface area contributed by atoms with Gasteiger partial charge in [0.2, 0.25) is 0 Å². The molecule has 1 saturated heterocycles. The molecular formula is C8H15N3O. The molecule has 0 atom stereocenters. The lowest BCUT2D eigenvalue weighted by atomic mass is 10.4. The highest BCUT2D eigenvalue weighted by Gasteiger charge is 2.14. The molecule has 0 radical (unpaired) electrons. The zero-order chi connectivity index (χ0) is 8.23. The largest absolute Gasteiger partial charge is 0.366 e. The maximum atomic E-state index is 5.34. The maximum absolute atomic E-state index is 5.34. The van der Waals surface area contributed by atoms with E-state index < -0.39 is 0 Å². The van der Waals surface area contributed by atoms with E-state index in [9.17, 15) is 0 Å². The molecule has 2 aliphatic heterocycles. The number of ether oxygens (including phenoxy) is 1. The second-order valence-electron chi connectivity index (χ2n) is 3.24. The minimum atomic E-state index is 0.770. The lowest BCUT2D eigenvalue weighted by molar-refractivity contribution is -0.0371. The lowest BCUT2D eigenvalue weighted by Gasteiger charge is -2.29. The third kappa shape index (κ3) is 1.95. The molecule has 0 aliphatic carbocycles. The second-order valence-corrected chi connectivity index (χ2v) is 3.24. The van der Waals surface area contributed by atoms with Gasteiger partial charge < -0.3 is 4.74 Å². The summed E-state index contributed by atoms with van der Waals surface area (Å²) in [6.07, 6.45) is 4.22. The van der Waals surface area contributed by atoms with Gasteiger partial charge in [0.1, 0.15) is 6.73 Å². The summed E-state index contributed by atoms with van der Waals surface area (Å²) in [7, 11) is 0. The molecule has 1 fully saturated rings. The SMILES string of the molecule is C1=NN(CN2CCCOC2)CC1. The van der Waals surface area contributed by atoms with Crippen LogP contribution in [0.15, 0.2) is 5.10 Å². The van der Waals surface area contributed by atoms with Gasteiger partial charge in [-0.1, -0.05) is 0 Å². The summed E-state index contributed by atoms with van der Waals surface area (Å²) >= 11 is 0. The van der Waals surface area contributed by atoms with Gasteiger partial charge in [-0.15, -0.1) is 0 Å². The minimum absolute atomic E-state index is 0.770. The first-order valence-corrected chi connectivity index (χ1v) is 4.52. The number of nitrogens with zero attached hydrogens (tertiary/aromatic N) is 3. The van der Waals surface area contributed by atoms with Crippen LogP contribution in [-0.2, 0) is 4.74 Å². The summed E-state index contributed by atoms with van der Waals surface area (Å²) in [5.74, 6) is 0. The van der Waals surface area contributed by atoms with Crippen LogP contribution in [0.25, 0.3) is 0 Å². The molecule has 0 saturated carbocycles. The Morgan fingerprint density at radius 1 is 1.42 bits per heavy atom. The average Bonchev–Trinajstić information content (AvgIpc) is 2.59. The van der Waals surface area contributed by atoms with E-state index in [-0.39, 0.29) is 0 Å². The number of hydrogen-bond acceptors (Lipinski definition) is 4. The van der Waals surface area contributed by atoms with Crippen molar-refractivity contribution in [3.63, 3.8) is 0 Å². The van der Waals surface area contributed by atoms with Crippen molar-refractivity contribution in [2.45, 2.75) is 12.8 Å². The van der Waals surface area contributed by atoms with Crippen molar-refractivity contribution in [2.24, 2.45) is 5.10 Å². The number of hydrazone groups is 1. The highest BCUT2D eigenvalue weighted by atomic mass is 16.5. The molecule has 0 spiro atoms. The van der Waals surface area contributed by atoms with Crippen LogP contribution < -0.4 is 0 Å². The number of hydrogen-bond donors (Lipinski definition) is 0. The second kappa shape index (κ2) is 3.87. The van der Waals surface area contributed by atoms with E-state index in [2.05, 4.69) is 15.0 Å². The molecule has 4 heteroatoms. The monoisotopic (exact) mass is 169 g/mol. The molecule has 4 nitrogen and oxygen atoms in total. The van der Waals surface area contributed by atoms with Crippen LogP contribution in [0.1, 0.15) is 12.8 Å². The Morgan fingerprint density at radius 2 is 2.42 bits per heavy atom. The van der Waals surface area contributed by atoms with E-state index in [1.165, 1.54) is 0 Å². The molecule has 0 aromatic heterocycles. The first-order valence-electron chi connectivity index (χ1n) is 4.52. The zero-order valence-electron chi connectivity index (χ0n) is 7.28. The van der Waals surface area contributed by atoms with Gasteiger partial charge >= 0.3 is 0 Å². The fourth-order valence-corrected chi connectivity index (χ4v) is 1.54. The molecule has 2 aliphatic rings. The van der Waals surface area contributed by atoms with Gasteiger partial charge in [0, 0.05) is 32.3 Å². The summed E-state index contributed by atoms with van der Waals surface area (Å²) < 4.78 is 5.34. The van der Waals surface area contributed by atoms with Crippen molar-refractivity contribution < 1.29 is 4.74 Å². The summed E-state index contributed by atoms with van der Waals surface area (Å²) in [6.45, 7) is 4.82. The fourth-order valence-electron chi connectivity index (χ4n) is 1.54. The molecule has 2 heterocycles. The summed E-state index contributed by atoms with van der Waals surface area (Å²) in [5, 5.41) is 6.33. The van der Waals surface area contributed by atoms with E-state index in [1.54, 1.807) is 0 Å². The Bertz CT molecular complexity index is 166. The van der Waals surface area contributed by atoms with E-state index >= 15 is 0 Å². The highest BCUT2D eigenvalue weighted by Crippen LogP contribution is 2.05. The topological polar surface area (TPSA) is 28.1 Å². The normalized spacial score (nSPS) is 25.2. The first-order chi connectivity index (χ1) is 5.95. The van der Waals surface area contributed by atoms with Crippen molar-refractivity contribution in [3.8, 4) is 0 Å². The first kappa shape index (κ1) is 8.01. The molecule has 2 rings (SSSR count). The third-order valence-electron chi connectivity index (χ3n) is 2.16.